The second-order valence-electron chi connectivity index (χ2n) is 5.48. The molecule has 2 aromatic carbocycles. The van der Waals surface area contributed by atoms with Gasteiger partial charge in [0.2, 0.25) is 0 Å². The van der Waals surface area contributed by atoms with Crippen LogP contribution in [0.15, 0.2) is 48.5 Å². The Hall–Kier alpha value is -1.60. The lowest BCUT2D eigenvalue weighted by Crippen LogP contribution is -2.10. The quantitative estimate of drug-likeness (QED) is 0.883. The van der Waals surface area contributed by atoms with E-state index in [0.29, 0.717) is 5.92 Å². The zero-order valence-corrected chi connectivity index (χ0v) is 11.3. The summed E-state index contributed by atoms with van der Waals surface area (Å²) in [6, 6.07) is 17.1. The molecule has 0 spiro atoms. The van der Waals surface area contributed by atoms with E-state index in [9.17, 15) is 5.11 Å². The van der Waals surface area contributed by atoms with Crippen molar-refractivity contribution in [2.75, 3.05) is 0 Å². The van der Waals surface area contributed by atoms with E-state index in [2.05, 4.69) is 49.4 Å². The fraction of sp³-hybridized carbons (Fsp3) is 0.333. The Morgan fingerprint density at radius 3 is 2.37 bits per heavy atom. The van der Waals surface area contributed by atoms with E-state index < -0.39 is 0 Å². The molecule has 1 aliphatic carbocycles. The normalized spacial score (nSPS) is 21.4. The van der Waals surface area contributed by atoms with Crippen LogP contribution >= 0.6 is 0 Å². The number of hydrogen-bond donors (Lipinski definition) is 1. The summed E-state index contributed by atoms with van der Waals surface area (Å²) in [4.78, 5) is 0. The van der Waals surface area contributed by atoms with Gasteiger partial charge in [0.25, 0.3) is 0 Å². The fourth-order valence-electron chi connectivity index (χ4n) is 3.05. The van der Waals surface area contributed by atoms with E-state index in [1.165, 1.54) is 16.7 Å². The average molecular weight is 252 g/mol. The summed E-state index contributed by atoms with van der Waals surface area (Å²) >= 11 is 0. The number of aliphatic hydroxyl groups excluding tert-OH is 1. The lowest BCUT2D eigenvalue weighted by Gasteiger charge is -2.15. The Labute approximate surface area is 114 Å². The highest BCUT2D eigenvalue weighted by molar-refractivity contribution is 5.35. The van der Waals surface area contributed by atoms with Gasteiger partial charge in [-0.2, -0.15) is 0 Å². The van der Waals surface area contributed by atoms with Crippen LogP contribution in [0.5, 0.6) is 0 Å². The van der Waals surface area contributed by atoms with Crippen molar-refractivity contribution in [1.29, 1.82) is 0 Å². The summed E-state index contributed by atoms with van der Waals surface area (Å²) in [5, 5.41) is 10.4. The summed E-state index contributed by atoms with van der Waals surface area (Å²) < 4.78 is 0. The van der Waals surface area contributed by atoms with E-state index in [4.69, 9.17) is 0 Å². The van der Waals surface area contributed by atoms with Crippen LogP contribution in [0.1, 0.15) is 35.3 Å². The van der Waals surface area contributed by atoms with E-state index in [-0.39, 0.29) is 6.10 Å². The lowest BCUT2D eigenvalue weighted by molar-refractivity contribution is 0.123. The first-order valence-corrected chi connectivity index (χ1v) is 7.11. The summed E-state index contributed by atoms with van der Waals surface area (Å²) in [6.07, 6.45) is 2.73. The number of hydrogen-bond acceptors (Lipinski definition) is 1. The van der Waals surface area contributed by atoms with Crippen molar-refractivity contribution in [3.63, 3.8) is 0 Å². The summed E-state index contributed by atoms with van der Waals surface area (Å²) in [7, 11) is 0. The number of benzene rings is 2. The molecule has 2 unspecified atom stereocenters. The van der Waals surface area contributed by atoms with E-state index in [1.54, 1.807) is 0 Å². The van der Waals surface area contributed by atoms with E-state index >= 15 is 0 Å². The first-order valence-electron chi connectivity index (χ1n) is 7.11. The van der Waals surface area contributed by atoms with Gasteiger partial charge in [-0.25, -0.2) is 0 Å². The van der Waals surface area contributed by atoms with Gasteiger partial charge in [0.1, 0.15) is 0 Å². The van der Waals surface area contributed by atoms with Crippen LogP contribution in [0.25, 0.3) is 0 Å². The molecule has 0 fully saturated rings. The Morgan fingerprint density at radius 1 is 1.00 bits per heavy atom. The molecule has 0 radical (unpaired) electrons. The molecule has 2 aromatic rings. The van der Waals surface area contributed by atoms with Crippen molar-refractivity contribution in [2.45, 2.75) is 32.3 Å². The molecular formula is C18H20O. The summed E-state index contributed by atoms with van der Waals surface area (Å²) in [5.41, 5.74) is 5.14. The van der Waals surface area contributed by atoms with Gasteiger partial charge in [-0.15, -0.1) is 0 Å². The smallest absolute Gasteiger partial charge is 0.0827 e. The topological polar surface area (TPSA) is 20.2 Å². The third-order valence-corrected chi connectivity index (χ3v) is 4.23. The van der Waals surface area contributed by atoms with Crippen LogP contribution in [0.2, 0.25) is 0 Å². The highest BCUT2D eigenvalue weighted by Gasteiger charge is 2.30. The van der Waals surface area contributed by atoms with Crippen LogP contribution < -0.4 is 0 Å². The molecule has 1 N–H and O–H groups in total. The standard InChI is InChI=1S/C18H20O/c1-2-13-7-9-14(10-8-13)11-16-12-15-5-3-4-6-17(15)18(16)19/h3-10,16,18-19H,2,11-12H2,1H3. The molecule has 98 valence electrons. The summed E-state index contributed by atoms with van der Waals surface area (Å²) in [5.74, 6) is 0.324. The number of fused-ring (bicyclic) bond motifs is 1. The minimum atomic E-state index is -0.304. The Bertz CT molecular complexity index is 556. The predicted octanol–water partition coefficient (Wildman–Crippen LogP) is 3.70. The maximum atomic E-state index is 10.4. The minimum Gasteiger partial charge on any atom is -0.388 e. The molecule has 19 heavy (non-hydrogen) atoms. The van der Waals surface area contributed by atoms with Crippen LogP contribution in [-0.2, 0) is 19.3 Å². The largest absolute Gasteiger partial charge is 0.388 e. The third kappa shape index (κ3) is 2.43. The van der Waals surface area contributed by atoms with Gasteiger partial charge in [0.05, 0.1) is 6.10 Å². The van der Waals surface area contributed by atoms with Crippen LogP contribution in [0.4, 0.5) is 0 Å². The van der Waals surface area contributed by atoms with Crippen LogP contribution in [-0.4, -0.2) is 5.11 Å². The van der Waals surface area contributed by atoms with Crippen molar-refractivity contribution in [3.8, 4) is 0 Å². The molecule has 0 aromatic heterocycles. The van der Waals surface area contributed by atoms with E-state index in [0.717, 1.165) is 24.8 Å². The monoisotopic (exact) mass is 252 g/mol. The van der Waals surface area contributed by atoms with Crippen molar-refractivity contribution in [1.82, 2.24) is 0 Å². The van der Waals surface area contributed by atoms with Crippen molar-refractivity contribution < 1.29 is 5.11 Å². The molecule has 0 bridgehead atoms. The second kappa shape index (κ2) is 5.18. The van der Waals surface area contributed by atoms with E-state index in [1.807, 2.05) is 6.07 Å². The van der Waals surface area contributed by atoms with Gasteiger partial charge in [0, 0.05) is 0 Å². The van der Waals surface area contributed by atoms with Crippen LogP contribution in [0.3, 0.4) is 0 Å². The lowest BCUT2D eigenvalue weighted by atomic mass is 9.94. The van der Waals surface area contributed by atoms with Gasteiger partial charge in [-0.05, 0) is 47.4 Å². The van der Waals surface area contributed by atoms with Gasteiger partial charge >= 0.3 is 0 Å². The number of aliphatic hydroxyl groups is 1. The van der Waals surface area contributed by atoms with Gasteiger partial charge in [0.15, 0.2) is 0 Å². The molecule has 0 heterocycles. The fourth-order valence-corrected chi connectivity index (χ4v) is 3.05. The predicted molar refractivity (Wildman–Crippen MR) is 78.1 cm³/mol. The first kappa shape index (κ1) is 12.4. The zero-order valence-electron chi connectivity index (χ0n) is 11.3. The molecule has 1 heteroatoms. The Kier molecular flexibility index (Phi) is 3.39. The molecule has 3 rings (SSSR count). The maximum absolute atomic E-state index is 10.4. The molecule has 0 saturated carbocycles. The molecule has 1 nitrogen and oxygen atoms in total. The first-order chi connectivity index (χ1) is 9.28. The average Bonchev–Trinajstić information content (AvgIpc) is 2.77. The molecule has 0 amide bonds. The maximum Gasteiger partial charge on any atom is 0.0827 e. The molecule has 2 atom stereocenters. The zero-order chi connectivity index (χ0) is 13.2. The highest BCUT2D eigenvalue weighted by atomic mass is 16.3. The number of aryl methyl sites for hydroxylation is 1. The van der Waals surface area contributed by atoms with Gasteiger partial charge in [-0.1, -0.05) is 55.5 Å². The summed E-state index contributed by atoms with van der Waals surface area (Å²) in [6.45, 7) is 2.17. The van der Waals surface area contributed by atoms with Crippen molar-refractivity contribution >= 4 is 0 Å². The van der Waals surface area contributed by atoms with Crippen molar-refractivity contribution in [3.05, 3.63) is 70.8 Å². The SMILES string of the molecule is CCc1ccc(CC2Cc3ccccc3C2O)cc1. The van der Waals surface area contributed by atoms with Gasteiger partial charge < -0.3 is 5.11 Å². The molecule has 1 aliphatic rings. The number of rotatable bonds is 3. The Balaban J connectivity index is 1.75. The van der Waals surface area contributed by atoms with Gasteiger partial charge in [-0.3, -0.25) is 0 Å². The second-order valence-corrected chi connectivity index (χ2v) is 5.48. The van der Waals surface area contributed by atoms with Crippen LogP contribution in [0, 0.1) is 5.92 Å². The molecular weight excluding hydrogens is 232 g/mol. The molecule has 0 saturated heterocycles. The Morgan fingerprint density at radius 2 is 1.68 bits per heavy atom. The third-order valence-electron chi connectivity index (χ3n) is 4.23. The molecule has 0 aliphatic heterocycles. The van der Waals surface area contributed by atoms with Crippen molar-refractivity contribution in [2.24, 2.45) is 5.92 Å². The minimum absolute atomic E-state index is 0.304. The highest BCUT2D eigenvalue weighted by Crippen LogP contribution is 2.37.